The van der Waals surface area contributed by atoms with Crippen molar-refractivity contribution in [3.05, 3.63) is 59.5 Å². The minimum absolute atomic E-state index is 0.143. The SMILES string of the molecule is COCCOC(=NCc1ccco1)NC(=O)c1cccc(C)c1. The highest BCUT2D eigenvalue weighted by molar-refractivity contribution is 6.04. The van der Waals surface area contributed by atoms with Gasteiger partial charge in [0.1, 0.15) is 18.9 Å². The van der Waals surface area contributed by atoms with E-state index in [2.05, 4.69) is 10.3 Å². The Hall–Kier alpha value is -2.60. The van der Waals surface area contributed by atoms with Gasteiger partial charge in [0.2, 0.25) is 0 Å². The van der Waals surface area contributed by atoms with E-state index in [1.54, 1.807) is 37.6 Å². The maximum atomic E-state index is 12.3. The number of methoxy groups -OCH3 is 1. The van der Waals surface area contributed by atoms with Crippen molar-refractivity contribution in [2.45, 2.75) is 13.5 Å². The Bertz CT molecular complexity index is 650. The van der Waals surface area contributed by atoms with E-state index in [-0.39, 0.29) is 18.5 Å². The lowest BCUT2D eigenvalue weighted by atomic mass is 10.1. The van der Waals surface area contributed by atoms with Crippen molar-refractivity contribution < 1.29 is 18.7 Å². The van der Waals surface area contributed by atoms with E-state index >= 15 is 0 Å². The van der Waals surface area contributed by atoms with Crippen molar-refractivity contribution in [2.75, 3.05) is 20.3 Å². The van der Waals surface area contributed by atoms with Crippen LogP contribution in [0.15, 0.2) is 52.1 Å². The highest BCUT2D eigenvalue weighted by Crippen LogP contribution is 2.05. The molecule has 0 atom stereocenters. The molecule has 1 aromatic carbocycles. The zero-order valence-corrected chi connectivity index (χ0v) is 13.2. The quantitative estimate of drug-likeness (QED) is 0.505. The van der Waals surface area contributed by atoms with Crippen molar-refractivity contribution in [1.29, 1.82) is 0 Å². The van der Waals surface area contributed by atoms with Crippen molar-refractivity contribution in [3.8, 4) is 0 Å². The molecule has 0 aliphatic heterocycles. The fourth-order valence-corrected chi connectivity index (χ4v) is 1.85. The van der Waals surface area contributed by atoms with Crippen LogP contribution in [0.25, 0.3) is 0 Å². The number of ether oxygens (including phenoxy) is 2. The largest absolute Gasteiger partial charge is 0.467 e. The number of amides is 1. The van der Waals surface area contributed by atoms with Crippen molar-refractivity contribution in [1.82, 2.24) is 5.32 Å². The number of nitrogens with zero attached hydrogens (tertiary/aromatic N) is 1. The normalized spacial score (nSPS) is 11.3. The van der Waals surface area contributed by atoms with Gasteiger partial charge in [-0.05, 0) is 31.2 Å². The molecule has 1 heterocycles. The number of furan rings is 1. The number of rotatable bonds is 6. The van der Waals surface area contributed by atoms with Crippen LogP contribution in [0.4, 0.5) is 0 Å². The van der Waals surface area contributed by atoms with Gasteiger partial charge >= 0.3 is 0 Å². The third-order valence-corrected chi connectivity index (χ3v) is 2.99. The fourth-order valence-electron chi connectivity index (χ4n) is 1.85. The number of carbonyl (C=O) groups excluding carboxylic acids is 1. The molecule has 0 aliphatic carbocycles. The first-order valence-corrected chi connectivity index (χ1v) is 7.25. The molecular formula is C17H20N2O4. The number of benzene rings is 1. The van der Waals surface area contributed by atoms with Crippen LogP contribution in [0, 0.1) is 6.92 Å². The summed E-state index contributed by atoms with van der Waals surface area (Å²) in [6.07, 6.45) is 1.57. The summed E-state index contributed by atoms with van der Waals surface area (Å²) in [7, 11) is 1.58. The average molecular weight is 316 g/mol. The average Bonchev–Trinajstić information content (AvgIpc) is 3.06. The molecule has 6 heteroatoms. The lowest BCUT2D eigenvalue weighted by Gasteiger charge is -2.10. The molecule has 0 fully saturated rings. The Balaban J connectivity index is 2.03. The molecule has 23 heavy (non-hydrogen) atoms. The van der Waals surface area contributed by atoms with Crippen LogP contribution in [0.3, 0.4) is 0 Å². The monoisotopic (exact) mass is 316 g/mol. The molecule has 0 saturated heterocycles. The Morgan fingerprint density at radius 2 is 2.13 bits per heavy atom. The van der Waals surface area contributed by atoms with Crippen LogP contribution in [0.1, 0.15) is 21.7 Å². The predicted molar refractivity (Wildman–Crippen MR) is 86.3 cm³/mol. The summed E-state index contributed by atoms with van der Waals surface area (Å²) >= 11 is 0. The molecule has 0 bridgehead atoms. The number of aliphatic imine (C=N–C) groups is 1. The summed E-state index contributed by atoms with van der Waals surface area (Å²) in [5.41, 5.74) is 1.55. The van der Waals surface area contributed by atoms with Gasteiger partial charge in [-0.25, -0.2) is 4.99 Å². The lowest BCUT2D eigenvalue weighted by Crippen LogP contribution is -2.33. The van der Waals surface area contributed by atoms with Crippen LogP contribution in [0.5, 0.6) is 0 Å². The van der Waals surface area contributed by atoms with Crippen molar-refractivity contribution in [2.24, 2.45) is 4.99 Å². The molecular weight excluding hydrogens is 296 g/mol. The number of amidine groups is 1. The third kappa shape index (κ3) is 5.60. The zero-order chi connectivity index (χ0) is 16.5. The summed E-state index contributed by atoms with van der Waals surface area (Å²) in [5, 5.41) is 2.67. The zero-order valence-electron chi connectivity index (χ0n) is 13.2. The van der Waals surface area contributed by atoms with Gasteiger partial charge in [-0.3, -0.25) is 10.1 Å². The molecule has 1 amide bonds. The van der Waals surface area contributed by atoms with Gasteiger partial charge in [0.25, 0.3) is 11.9 Å². The standard InChI is InChI=1S/C17H20N2O4/c1-13-5-3-6-14(11-13)16(20)19-17(23-10-9-21-2)18-12-15-7-4-8-22-15/h3-8,11H,9-10,12H2,1-2H3,(H,18,19,20). The van der Waals surface area contributed by atoms with Crippen LogP contribution >= 0.6 is 0 Å². The molecule has 6 nitrogen and oxygen atoms in total. The fraction of sp³-hybridized carbons (Fsp3) is 0.294. The van der Waals surface area contributed by atoms with E-state index in [1.165, 1.54) is 0 Å². The van der Waals surface area contributed by atoms with E-state index in [9.17, 15) is 4.79 Å². The molecule has 1 aromatic heterocycles. The van der Waals surface area contributed by atoms with Gasteiger partial charge in [0.15, 0.2) is 0 Å². The molecule has 2 rings (SSSR count). The Morgan fingerprint density at radius 1 is 1.26 bits per heavy atom. The molecule has 0 radical (unpaired) electrons. The van der Waals surface area contributed by atoms with E-state index in [0.29, 0.717) is 24.5 Å². The van der Waals surface area contributed by atoms with Gasteiger partial charge in [0, 0.05) is 12.7 Å². The molecule has 1 N–H and O–H groups in total. The van der Waals surface area contributed by atoms with E-state index in [0.717, 1.165) is 5.56 Å². The Labute approximate surface area is 135 Å². The summed E-state index contributed by atoms with van der Waals surface area (Å²) in [5.74, 6) is 0.409. The van der Waals surface area contributed by atoms with Gasteiger partial charge in [-0.2, -0.15) is 0 Å². The second-order valence-corrected chi connectivity index (χ2v) is 4.87. The maximum absolute atomic E-state index is 12.3. The van der Waals surface area contributed by atoms with Gasteiger partial charge in [-0.1, -0.05) is 17.7 Å². The summed E-state index contributed by atoms with van der Waals surface area (Å²) in [6, 6.07) is 11.0. The van der Waals surface area contributed by atoms with E-state index < -0.39 is 0 Å². The minimum atomic E-state index is -0.274. The van der Waals surface area contributed by atoms with Gasteiger partial charge in [0.05, 0.1) is 12.9 Å². The number of nitrogens with one attached hydrogen (secondary N) is 1. The lowest BCUT2D eigenvalue weighted by molar-refractivity contribution is 0.0953. The molecule has 122 valence electrons. The molecule has 2 aromatic rings. The predicted octanol–water partition coefficient (Wildman–Crippen LogP) is 2.54. The Kier molecular flexibility index (Phi) is 6.38. The van der Waals surface area contributed by atoms with Crippen molar-refractivity contribution in [3.63, 3.8) is 0 Å². The highest BCUT2D eigenvalue weighted by atomic mass is 16.5. The first-order chi connectivity index (χ1) is 11.2. The summed E-state index contributed by atoms with van der Waals surface area (Å²) in [6.45, 7) is 2.91. The van der Waals surface area contributed by atoms with Crippen LogP contribution in [-0.2, 0) is 16.0 Å². The summed E-state index contributed by atoms with van der Waals surface area (Å²) in [4.78, 5) is 16.5. The smallest absolute Gasteiger partial charge is 0.292 e. The topological polar surface area (TPSA) is 73.1 Å². The number of hydrogen-bond donors (Lipinski definition) is 1. The van der Waals surface area contributed by atoms with Crippen LogP contribution in [0.2, 0.25) is 0 Å². The second kappa shape index (κ2) is 8.75. The number of carbonyl (C=O) groups is 1. The first-order valence-electron chi connectivity index (χ1n) is 7.25. The number of hydrogen-bond acceptors (Lipinski definition) is 5. The number of aryl methyl sites for hydroxylation is 1. The van der Waals surface area contributed by atoms with E-state index in [1.807, 2.05) is 19.1 Å². The minimum Gasteiger partial charge on any atom is -0.467 e. The van der Waals surface area contributed by atoms with Crippen molar-refractivity contribution >= 4 is 11.9 Å². The summed E-state index contributed by atoms with van der Waals surface area (Å²) < 4.78 is 15.6. The first kappa shape index (κ1) is 16.8. The van der Waals surface area contributed by atoms with Crippen LogP contribution < -0.4 is 5.32 Å². The maximum Gasteiger partial charge on any atom is 0.292 e. The molecule has 0 aliphatic rings. The van der Waals surface area contributed by atoms with Crippen LogP contribution in [-0.4, -0.2) is 32.3 Å². The van der Waals surface area contributed by atoms with Gasteiger partial charge in [-0.15, -0.1) is 0 Å². The third-order valence-electron chi connectivity index (χ3n) is 2.99. The molecule has 0 saturated carbocycles. The Morgan fingerprint density at radius 3 is 2.83 bits per heavy atom. The second-order valence-electron chi connectivity index (χ2n) is 4.87. The molecule has 0 unspecified atom stereocenters. The highest BCUT2D eigenvalue weighted by Gasteiger charge is 2.10. The van der Waals surface area contributed by atoms with E-state index in [4.69, 9.17) is 13.9 Å². The molecule has 0 spiro atoms. The van der Waals surface area contributed by atoms with Gasteiger partial charge < -0.3 is 13.9 Å².